The second-order valence-corrected chi connectivity index (χ2v) is 8.11. The van der Waals surface area contributed by atoms with E-state index in [4.69, 9.17) is 9.52 Å². The van der Waals surface area contributed by atoms with Crippen LogP contribution in [0.3, 0.4) is 0 Å². The van der Waals surface area contributed by atoms with Crippen molar-refractivity contribution in [1.29, 1.82) is 0 Å². The van der Waals surface area contributed by atoms with E-state index in [1.54, 1.807) is 18.4 Å². The Bertz CT molecular complexity index is 1050. The minimum atomic E-state index is -0.921. The number of carboxylic acid groups (broad SMARTS) is 1. The fraction of sp³-hybridized carbons (Fsp3) is 0.280. The summed E-state index contributed by atoms with van der Waals surface area (Å²) in [6.07, 6.45) is 1.61. The second kappa shape index (κ2) is 8.78. The van der Waals surface area contributed by atoms with Gasteiger partial charge in [0.25, 0.3) is 5.91 Å². The first-order valence-corrected chi connectivity index (χ1v) is 10.4. The minimum Gasteiger partial charge on any atom is -0.478 e. The smallest absolute Gasteiger partial charge is 0.335 e. The van der Waals surface area contributed by atoms with Crippen molar-refractivity contribution in [2.45, 2.75) is 32.5 Å². The van der Waals surface area contributed by atoms with Crippen LogP contribution in [-0.2, 0) is 6.54 Å². The van der Waals surface area contributed by atoms with Crippen LogP contribution in [0.25, 0.3) is 11.3 Å². The van der Waals surface area contributed by atoms with Gasteiger partial charge in [-0.25, -0.2) is 4.79 Å². The fourth-order valence-electron chi connectivity index (χ4n) is 4.28. The van der Waals surface area contributed by atoms with Crippen molar-refractivity contribution in [3.05, 3.63) is 83.6 Å². The Hall–Kier alpha value is -3.38. The number of hydrogen-bond acceptors (Lipinski definition) is 4. The molecule has 0 saturated carbocycles. The lowest BCUT2D eigenvalue weighted by molar-refractivity contribution is 0.0270. The molecule has 2 heterocycles. The molecule has 0 bridgehead atoms. The van der Waals surface area contributed by atoms with E-state index in [0.29, 0.717) is 31.0 Å². The fourth-order valence-corrected chi connectivity index (χ4v) is 4.28. The van der Waals surface area contributed by atoms with Crippen LogP contribution in [0.4, 0.5) is 0 Å². The van der Waals surface area contributed by atoms with Crippen LogP contribution in [-0.4, -0.2) is 52.0 Å². The highest BCUT2D eigenvalue weighted by Crippen LogP contribution is 2.27. The standard InChI is InChI=1S/C25H26N2O4/c1-17-14-26(24(28)22-7-4-3-6-21(22)23-8-5-13-31-23)15-18(2)27(17)16-19-9-11-20(12-10-19)25(29)30/h3-13,17-18H,14-16H2,1-2H3,(H,29,30)/t17-,18+. The number of hydrogen-bond donors (Lipinski definition) is 1. The summed E-state index contributed by atoms with van der Waals surface area (Å²) in [4.78, 5) is 28.7. The maximum Gasteiger partial charge on any atom is 0.335 e. The molecule has 6 nitrogen and oxygen atoms in total. The number of furan rings is 1. The molecule has 3 aromatic rings. The van der Waals surface area contributed by atoms with E-state index in [2.05, 4.69) is 18.7 Å². The summed E-state index contributed by atoms with van der Waals surface area (Å²) in [5, 5.41) is 9.08. The molecule has 1 aromatic heterocycles. The van der Waals surface area contributed by atoms with Crippen molar-refractivity contribution in [1.82, 2.24) is 9.80 Å². The van der Waals surface area contributed by atoms with Gasteiger partial charge in [0.1, 0.15) is 5.76 Å². The molecule has 0 aliphatic carbocycles. The predicted molar refractivity (Wildman–Crippen MR) is 118 cm³/mol. The van der Waals surface area contributed by atoms with Gasteiger partial charge in [-0.3, -0.25) is 9.69 Å². The number of piperazine rings is 1. The van der Waals surface area contributed by atoms with Crippen molar-refractivity contribution in [3.8, 4) is 11.3 Å². The highest BCUT2D eigenvalue weighted by molar-refractivity contribution is 6.00. The molecule has 1 aliphatic heterocycles. The topological polar surface area (TPSA) is 74.0 Å². The Balaban J connectivity index is 1.48. The zero-order chi connectivity index (χ0) is 22.0. The number of carbonyl (C=O) groups is 2. The average Bonchev–Trinajstić information content (AvgIpc) is 3.31. The first kappa shape index (κ1) is 20.9. The molecule has 1 saturated heterocycles. The summed E-state index contributed by atoms with van der Waals surface area (Å²) in [5.41, 5.74) is 2.80. The normalized spacial score (nSPS) is 19.4. The molecule has 0 radical (unpaired) electrons. The maximum absolute atomic E-state index is 13.4. The van der Waals surface area contributed by atoms with Crippen molar-refractivity contribution in [3.63, 3.8) is 0 Å². The molecule has 1 N–H and O–H groups in total. The molecule has 4 rings (SSSR count). The number of carbonyl (C=O) groups excluding carboxylic acids is 1. The maximum atomic E-state index is 13.4. The van der Waals surface area contributed by atoms with Gasteiger partial charge in [-0.1, -0.05) is 30.3 Å². The Kier molecular flexibility index (Phi) is 5.91. The van der Waals surface area contributed by atoms with E-state index in [9.17, 15) is 9.59 Å². The van der Waals surface area contributed by atoms with Crippen molar-refractivity contribution in [2.75, 3.05) is 13.1 Å². The van der Waals surface area contributed by atoms with Crippen molar-refractivity contribution < 1.29 is 19.1 Å². The Morgan fingerprint density at radius 3 is 2.26 bits per heavy atom. The quantitative estimate of drug-likeness (QED) is 0.666. The van der Waals surface area contributed by atoms with Gasteiger partial charge in [0.2, 0.25) is 0 Å². The van der Waals surface area contributed by atoms with Crippen molar-refractivity contribution >= 4 is 11.9 Å². The number of amides is 1. The van der Waals surface area contributed by atoms with E-state index < -0.39 is 5.97 Å². The van der Waals surface area contributed by atoms with Crippen LogP contribution >= 0.6 is 0 Å². The van der Waals surface area contributed by atoms with E-state index in [-0.39, 0.29) is 23.6 Å². The van der Waals surface area contributed by atoms with Gasteiger partial charge in [-0.05, 0) is 49.7 Å². The van der Waals surface area contributed by atoms with Gasteiger partial charge in [0.05, 0.1) is 17.4 Å². The Labute approximate surface area is 181 Å². The van der Waals surface area contributed by atoms with Crippen LogP contribution in [0.2, 0.25) is 0 Å². The predicted octanol–water partition coefficient (Wildman–Crippen LogP) is 4.38. The van der Waals surface area contributed by atoms with Gasteiger partial charge >= 0.3 is 5.97 Å². The lowest BCUT2D eigenvalue weighted by Crippen LogP contribution is -2.57. The minimum absolute atomic E-state index is 0.0103. The van der Waals surface area contributed by atoms with Gasteiger partial charge < -0.3 is 14.4 Å². The summed E-state index contributed by atoms with van der Waals surface area (Å²) in [6, 6.07) is 18.6. The highest BCUT2D eigenvalue weighted by Gasteiger charge is 2.33. The summed E-state index contributed by atoms with van der Waals surface area (Å²) < 4.78 is 5.53. The third-order valence-corrected chi connectivity index (χ3v) is 5.90. The Morgan fingerprint density at radius 2 is 1.65 bits per heavy atom. The Morgan fingerprint density at radius 1 is 0.968 bits per heavy atom. The number of rotatable bonds is 5. The third kappa shape index (κ3) is 4.39. The highest BCUT2D eigenvalue weighted by atomic mass is 16.4. The molecule has 6 heteroatoms. The van der Waals surface area contributed by atoms with Crippen LogP contribution in [0.5, 0.6) is 0 Å². The molecule has 0 spiro atoms. The van der Waals surface area contributed by atoms with Gasteiger partial charge in [0.15, 0.2) is 0 Å². The molecule has 1 aliphatic rings. The van der Waals surface area contributed by atoms with Gasteiger partial charge in [-0.2, -0.15) is 0 Å². The first-order chi connectivity index (χ1) is 14.9. The van der Waals surface area contributed by atoms with Crippen LogP contribution in [0, 0.1) is 0 Å². The van der Waals surface area contributed by atoms with Gasteiger partial charge in [-0.15, -0.1) is 0 Å². The second-order valence-electron chi connectivity index (χ2n) is 8.11. The number of benzene rings is 2. The van der Waals surface area contributed by atoms with Crippen LogP contribution in [0.1, 0.15) is 40.1 Å². The summed E-state index contributed by atoms with van der Waals surface area (Å²) in [5.74, 6) is -0.222. The summed E-state index contributed by atoms with van der Waals surface area (Å²) in [6.45, 7) is 6.22. The average molecular weight is 418 g/mol. The molecule has 31 heavy (non-hydrogen) atoms. The van der Waals surface area contributed by atoms with E-state index in [1.165, 1.54) is 0 Å². The number of carboxylic acids is 1. The lowest BCUT2D eigenvalue weighted by Gasteiger charge is -2.44. The molecular weight excluding hydrogens is 392 g/mol. The van der Waals surface area contributed by atoms with E-state index in [0.717, 1.165) is 11.1 Å². The molecule has 0 unspecified atom stereocenters. The monoisotopic (exact) mass is 418 g/mol. The molecule has 1 fully saturated rings. The molecule has 160 valence electrons. The van der Waals surface area contributed by atoms with Crippen molar-refractivity contribution in [2.24, 2.45) is 0 Å². The summed E-state index contributed by atoms with van der Waals surface area (Å²) >= 11 is 0. The number of nitrogens with zero attached hydrogens (tertiary/aromatic N) is 2. The molecule has 1 amide bonds. The summed E-state index contributed by atoms with van der Waals surface area (Å²) in [7, 11) is 0. The third-order valence-electron chi connectivity index (χ3n) is 5.90. The lowest BCUT2D eigenvalue weighted by atomic mass is 10.0. The molecular formula is C25H26N2O4. The zero-order valence-corrected chi connectivity index (χ0v) is 17.7. The van der Waals surface area contributed by atoms with Crippen LogP contribution in [0.15, 0.2) is 71.3 Å². The number of aromatic carboxylic acids is 1. The van der Waals surface area contributed by atoms with E-state index >= 15 is 0 Å². The van der Waals surface area contributed by atoms with Gasteiger partial charge in [0, 0.05) is 37.3 Å². The van der Waals surface area contributed by atoms with Crippen LogP contribution < -0.4 is 0 Å². The zero-order valence-electron chi connectivity index (χ0n) is 17.7. The SMILES string of the molecule is C[C@@H]1CN(C(=O)c2ccccc2-c2ccco2)C[C@H](C)N1Cc1ccc(C(=O)O)cc1. The first-order valence-electron chi connectivity index (χ1n) is 10.4. The largest absolute Gasteiger partial charge is 0.478 e. The van der Waals surface area contributed by atoms with E-state index in [1.807, 2.05) is 53.4 Å². The molecule has 2 atom stereocenters. The molecule has 2 aromatic carbocycles.